The summed E-state index contributed by atoms with van der Waals surface area (Å²) < 4.78 is 5.77. The van der Waals surface area contributed by atoms with Crippen molar-refractivity contribution in [2.45, 2.75) is 19.6 Å². The van der Waals surface area contributed by atoms with Gasteiger partial charge in [0.15, 0.2) is 0 Å². The van der Waals surface area contributed by atoms with Crippen molar-refractivity contribution < 1.29 is 9.84 Å². The second-order valence-electron chi connectivity index (χ2n) is 5.48. The van der Waals surface area contributed by atoms with E-state index in [1.165, 1.54) is 0 Å². The molecule has 3 rings (SSSR count). The van der Waals surface area contributed by atoms with Gasteiger partial charge in [-0.3, -0.25) is 0 Å². The summed E-state index contributed by atoms with van der Waals surface area (Å²) in [5.41, 5.74) is 3.63. The minimum Gasteiger partial charge on any atom is -0.473 e. The molecular formula is C20H19NO2. The van der Waals surface area contributed by atoms with Crippen LogP contribution < -0.4 is 4.74 Å². The fraction of sp³-hybridized carbons (Fsp3) is 0.150. The molecule has 3 aromatic rings. The monoisotopic (exact) mass is 305 g/mol. The molecule has 0 bridgehead atoms. The molecule has 116 valence electrons. The molecule has 2 aromatic carbocycles. The number of aliphatic hydroxyl groups is 1. The van der Waals surface area contributed by atoms with Gasteiger partial charge in [0, 0.05) is 17.3 Å². The first kappa shape index (κ1) is 15.3. The third-order valence-corrected chi connectivity index (χ3v) is 3.70. The van der Waals surface area contributed by atoms with Gasteiger partial charge in [0.2, 0.25) is 5.88 Å². The zero-order chi connectivity index (χ0) is 16.1. The van der Waals surface area contributed by atoms with Crippen molar-refractivity contribution in [3.05, 3.63) is 95.2 Å². The Morgan fingerprint density at radius 3 is 2.26 bits per heavy atom. The number of hydrogen-bond acceptors (Lipinski definition) is 3. The van der Waals surface area contributed by atoms with E-state index in [0.29, 0.717) is 12.5 Å². The predicted octanol–water partition coefficient (Wildman–Crippen LogP) is 4.05. The molecule has 0 fully saturated rings. The molecule has 0 radical (unpaired) electrons. The zero-order valence-electron chi connectivity index (χ0n) is 13.0. The van der Waals surface area contributed by atoms with Gasteiger partial charge < -0.3 is 9.84 Å². The Balaban J connectivity index is 1.73. The van der Waals surface area contributed by atoms with Crippen LogP contribution in [-0.2, 0) is 6.61 Å². The first-order valence-corrected chi connectivity index (χ1v) is 7.60. The highest BCUT2D eigenvalue weighted by Gasteiger charge is 2.12. The number of hydrogen-bond donors (Lipinski definition) is 1. The molecule has 1 heterocycles. The van der Waals surface area contributed by atoms with Crippen molar-refractivity contribution in [1.29, 1.82) is 0 Å². The minimum atomic E-state index is -0.675. The molecule has 3 heteroatoms. The van der Waals surface area contributed by atoms with Crippen molar-refractivity contribution in [1.82, 2.24) is 4.98 Å². The number of benzene rings is 2. The van der Waals surface area contributed by atoms with Gasteiger partial charge in [0.25, 0.3) is 0 Å². The summed E-state index contributed by atoms with van der Waals surface area (Å²) in [6.07, 6.45) is 0.996. The van der Waals surface area contributed by atoms with E-state index in [2.05, 4.69) is 4.98 Å². The zero-order valence-corrected chi connectivity index (χ0v) is 13.0. The Hall–Kier alpha value is -2.65. The van der Waals surface area contributed by atoms with Crippen LogP contribution in [-0.4, -0.2) is 10.1 Å². The van der Waals surface area contributed by atoms with Gasteiger partial charge in [-0.15, -0.1) is 0 Å². The van der Waals surface area contributed by atoms with Gasteiger partial charge in [-0.05, 0) is 24.1 Å². The van der Waals surface area contributed by atoms with Crippen LogP contribution in [0.25, 0.3) is 0 Å². The van der Waals surface area contributed by atoms with Crippen molar-refractivity contribution >= 4 is 0 Å². The fourth-order valence-electron chi connectivity index (χ4n) is 2.44. The minimum absolute atomic E-state index is 0.481. The van der Waals surface area contributed by atoms with Crippen LogP contribution in [0.4, 0.5) is 0 Å². The summed E-state index contributed by atoms with van der Waals surface area (Å²) in [5.74, 6) is 0.595. The maximum Gasteiger partial charge on any atom is 0.216 e. The van der Waals surface area contributed by atoms with Gasteiger partial charge in [-0.25, -0.2) is 4.98 Å². The normalized spacial score (nSPS) is 11.9. The second-order valence-corrected chi connectivity index (χ2v) is 5.48. The van der Waals surface area contributed by atoms with Gasteiger partial charge in [0.05, 0.1) is 0 Å². The maximum atomic E-state index is 10.4. The van der Waals surface area contributed by atoms with Crippen LogP contribution in [0, 0.1) is 6.92 Å². The van der Waals surface area contributed by atoms with Gasteiger partial charge in [-0.2, -0.15) is 0 Å². The average Bonchev–Trinajstić information content (AvgIpc) is 2.61. The van der Waals surface area contributed by atoms with Crippen LogP contribution in [0.15, 0.2) is 72.9 Å². The number of aromatic nitrogens is 1. The third kappa shape index (κ3) is 3.76. The lowest BCUT2D eigenvalue weighted by Gasteiger charge is -2.14. The highest BCUT2D eigenvalue weighted by atomic mass is 16.5. The lowest BCUT2D eigenvalue weighted by atomic mass is 10.0. The van der Waals surface area contributed by atoms with Gasteiger partial charge in [-0.1, -0.05) is 60.7 Å². The molecule has 1 N–H and O–H groups in total. The molecule has 3 nitrogen and oxygen atoms in total. The summed E-state index contributed by atoms with van der Waals surface area (Å²) in [5, 5.41) is 10.4. The van der Waals surface area contributed by atoms with E-state index >= 15 is 0 Å². The molecule has 0 amide bonds. The summed E-state index contributed by atoms with van der Waals surface area (Å²) in [6.45, 7) is 2.42. The van der Waals surface area contributed by atoms with Crippen LogP contribution in [0.5, 0.6) is 5.88 Å². The molecule has 1 aromatic heterocycles. The Bertz CT molecular complexity index is 757. The van der Waals surface area contributed by atoms with E-state index in [0.717, 1.165) is 22.3 Å². The quantitative estimate of drug-likeness (QED) is 0.773. The van der Waals surface area contributed by atoms with E-state index in [4.69, 9.17) is 4.74 Å². The van der Waals surface area contributed by atoms with E-state index < -0.39 is 6.10 Å². The number of rotatable bonds is 5. The molecular weight excluding hydrogens is 286 g/mol. The van der Waals surface area contributed by atoms with Crippen molar-refractivity contribution in [3.8, 4) is 5.88 Å². The Morgan fingerprint density at radius 1 is 0.957 bits per heavy atom. The number of nitrogens with zero attached hydrogens (tertiary/aromatic N) is 1. The summed E-state index contributed by atoms with van der Waals surface area (Å²) in [6, 6.07) is 21.5. The highest BCUT2D eigenvalue weighted by Crippen LogP contribution is 2.25. The smallest absolute Gasteiger partial charge is 0.216 e. The van der Waals surface area contributed by atoms with E-state index in [-0.39, 0.29) is 0 Å². The molecule has 0 spiro atoms. The molecule has 0 aliphatic heterocycles. The Morgan fingerprint density at radius 2 is 1.61 bits per heavy atom. The van der Waals surface area contributed by atoms with Crippen molar-refractivity contribution in [2.75, 3.05) is 0 Å². The average molecular weight is 305 g/mol. The molecule has 1 atom stereocenters. The van der Waals surface area contributed by atoms with Crippen molar-refractivity contribution in [3.63, 3.8) is 0 Å². The Labute approximate surface area is 136 Å². The molecule has 0 aliphatic carbocycles. The second kappa shape index (κ2) is 7.07. The summed E-state index contributed by atoms with van der Waals surface area (Å²) in [7, 11) is 0. The summed E-state index contributed by atoms with van der Waals surface area (Å²) >= 11 is 0. The van der Waals surface area contributed by atoms with Crippen LogP contribution in [0.3, 0.4) is 0 Å². The number of aliphatic hydroxyl groups excluding tert-OH is 1. The largest absolute Gasteiger partial charge is 0.473 e. The molecule has 0 aliphatic rings. The molecule has 23 heavy (non-hydrogen) atoms. The number of ether oxygens (including phenoxy) is 1. The molecule has 0 saturated heterocycles. The molecule has 0 saturated carbocycles. The number of pyridine rings is 1. The lowest BCUT2D eigenvalue weighted by molar-refractivity contribution is 0.219. The third-order valence-electron chi connectivity index (χ3n) is 3.70. The van der Waals surface area contributed by atoms with E-state index in [1.54, 1.807) is 6.20 Å². The lowest BCUT2D eigenvalue weighted by Crippen LogP contribution is -2.03. The fourth-order valence-corrected chi connectivity index (χ4v) is 2.44. The number of aryl methyl sites for hydroxylation is 1. The van der Waals surface area contributed by atoms with Gasteiger partial charge in [0.1, 0.15) is 12.7 Å². The van der Waals surface area contributed by atoms with E-state index in [1.807, 2.05) is 73.7 Å². The van der Waals surface area contributed by atoms with Crippen LogP contribution in [0.2, 0.25) is 0 Å². The first-order valence-electron chi connectivity index (χ1n) is 7.60. The highest BCUT2D eigenvalue weighted by molar-refractivity contribution is 5.34. The first-order chi connectivity index (χ1) is 11.2. The van der Waals surface area contributed by atoms with Gasteiger partial charge >= 0.3 is 0 Å². The standard InChI is InChI=1S/C20H19NO2/c1-15-12-18(19(22)17-10-6-3-7-11-17)13-21-20(15)23-14-16-8-4-2-5-9-16/h2-13,19,22H,14H2,1H3/t19-/m1/s1. The maximum absolute atomic E-state index is 10.4. The summed E-state index contributed by atoms with van der Waals surface area (Å²) in [4.78, 5) is 4.36. The Kier molecular flexibility index (Phi) is 4.69. The SMILES string of the molecule is Cc1cc([C@H](O)c2ccccc2)cnc1OCc1ccccc1. The topological polar surface area (TPSA) is 42.4 Å². The predicted molar refractivity (Wildman–Crippen MR) is 90.3 cm³/mol. The van der Waals surface area contributed by atoms with Crippen LogP contribution in [0.1, 0.15) is 28.4 Å². The van der Waals surface area contributed by atoms with E-state index in [9.17, 15) is 5.11 Å². The van der Waals surface area contributed by atoms with Crippen LogP contribution >= 0.6 is 0 Å². The van der Waals surface area contributed by atoms with Crippen molar-refractivity contribution in [2.24, 2.45) is 0 Å². The molecule has 0 unspecified atom stereocenters.